The highest BCUT2D eigenvalue weighted by Gasteiger charge is 2.06. The Balaban J connectivity index is 2.50. The number of hydrogen-bond donors (Lipinski definition) is 0. The van der Waals surface area contributed by atoms with Crippen molar-refractivity contribution in [3.63, 3.8) is 0 Å². The minimum Gasteiger partial charge on any atom is -0.462 e. The molecule has 13 heavy (non-hydrogen) atoms. The Kier molecular flexibility index (Phi) is 3.50. The molecule has 0 unspecified atom stereocenters. The molecule has 0 atom stereocenters. The third-order valence-electron chi connectivity index (χ3n) is 1.48. The van der Waals surface area contributed by atoms with E-state index in [1.165, 1.54) is 0 Å². The molecule has 1 rings (SSSR count). The first-order valence-electron chi connectivity index (χ1n) is 4.34. The van der Waals surface area contributed by atoms with E-state index in [4.69, 9.17) is 4.74 Å². The molecule has 0 aliphatic rings. The van der Waals surface area contributed by atoms with Crippen molar-refractivity contribution in [3.8, 4) is 0 Å². The summed E-state index contributed by atoms with van der Waals surface area (Å²) in [6.45, 7) is 4.46. The van der Waals surface area contributed by atoms with Gasteiger partial charge in [-0.1, -0.05) is 32.0 Å². The fourth-order valence-electron chi connectivity index (χ4n) is 0.840. The SMILES string of the molecule is CC(C)COC(=O)c1[c]cccc1. The second-order valence-corrected chi connectivity index (χ2v) is 3.27. The highest BCUT2D eigenvalue weighted by atomic mass is 16.5. The van der Waals surface area contributed by atoms with Gasteiger partial charge in [0.15, 0.2) is 0 Å². The summed E-state index contributed by atoms with van der Waals surface area (Å²) in [7, 11) is 0. The number of hydrogen-bond acceptors (Lipinski definition) is 2. The normalized spacial score (nSPS) is 10.1. The molecule has 0 bridgehead atoms. The standard InChI is InChI=1S/C11H13O2/c1-9(2)8-13-11(12)10-6-4-3-5-7-10/h3-6,9H,8H2,1-2H3. The first kappa shape index (κ1) is 9.78. The number of carbonyl (C=O) groups is 1. The van der Waals surface area contributed by atoms with Gasteiger partial charge < -0.3 is 4.74 Å². The smallest absolute Gasteiger partial charge is 0.338 e. The Morgan fingerprint density at radius 3 is 2.85 bits per heavy atom. The van der Waals surface area contributed by atoms with E-state index in [-0.39, 0.29) is 5.97 Å². The van der Waals surface area contributed by atoms with Crippen LogP contribution in [-0.4, -0.2) is 12.6 Å². The van der Waals surface area contributed by atoms with Gasteiger partial charge in [-0.05, 0) is 18.1 Å². The molecular formula is C11H13O2. The molecule has 1 aromatic rings. The van der Waals surface area contributed by atoms with Gasteiger partial charge in [0.05, 0.1) is 12.2 Å². The molecule has 1 aromatic carbocycles. The lowest BCUT2D eigenvalue weighted by Gasteiger charge is -2.06. The van der Waals surface area contributed by atoms with Crippen molar-refractivity contribution in [3.05, 3.63) is 35.9 Å². The molecule has 69 valence electrons. The Hall–Kier alpha value is -1.31. The average molecular weight is 177 g/mol. The zero-order valence-corrected chi connectivity index (χ0v) is 7.91. The minimum absolute atomic E-state index is 0.297. The summed E-state index contributed by atoms with van der Waals surface area (Å²) in [4.78, 5) is 11.3. The summed E-state index contributed by atoms with van der Waals surface area (Å²) in [6.07, 6.45) is 0. The molecule has 0 saturated heterocycles. The van der Waals surface area contributed by atoms with Gasteiger partial charge in [-0.3, -0.25) is 0 Å². The van der Waals surface area contributed by atoms with Crippen molar-refractivity contribution in [2.45, 2.75) is 13.8 Å². The van der Waals surface area contributed by atoms with E-state index in [9.17, 15) is 4.79 Å². The zero-order valence-electron chi connectivity index (χ0n) is 7.91. The molecule has 0 aliphatic heterocycles. The fraction of sp³-hybridized carbons (Fsp3) is 0.364. The molecule has 2 nitrogen and oxygen atoms in total. The van der Waals surface area contributed by atoms with E-state index in [1.807, 2.05) is 19.9 Å². The van der Waals surface area contributed by atoms with E-state index < -0.39 is 0 Å². The maximum Gasteiger partial charge on any atom is 0.338 e. The van der Waals surface area contributed by atoms with Crippen LogP contribution in [0.3, 0.4) is 0 Å². The molecule has 1 radical (unpaired) electrons. The lowest BCUT2D eigenvalue weighted by atomic mass is 10.2. The highest BCUT2D eigenvalue weighted by Crippen LogP contribution is 2.02. The molecule has 0 aromatic heterocycles. The maximum absolute atomic E-state index is 11.3. The second-order valence-electron chi connectivity index (χ2n) is 3.27. The Bertz CT molecular complexity index is 265. The third-order valence-corrected chi connectivity index (χ3v) is 1.48. The van der Waals surface area contributed by atoms with Gasteiger partial charge in [-0.2, -0.15) is 0 Å². The number of ether oxygens (including phenoxy) is 1. The van der Waals surface area contributed by atoms with Crippen molar-refractivity contribution >= 4 is 5.97 Å². The third kappa shape index (κ3) is 3.28. The molecule has 2 heteroatoms. The Labute approximate surface area is 78.5 Å². The van der Waals surface area contributed by atoms with Crippen LogP contribution in [0.25, 0.3) is 0 Å². The molecule has 0 aliphatic carbocycles. The van der Waals surface area contributed by atoms with Crippen LogP contribution >= 0.6 is 0 Å². The van der Waals surface area contributed by atoms with Crippen LogP contribution in [0.2, 0.25) is 0 Å². The fourth-order valence-corrected chi connectivity index (χ4v) is 0.840. The van der Waals surface area contributed by atoms with Gasteiger partial charge in [0.1, 0.15) is 0 Å². The van der Waals surface area contributed by atoms with Crippen LogP contribution in [0, 0.1) is 12.0 Å². The molecule has 0 heterocycles. The van der Waals surface area contributed by atoms with Gasteiger partial charge in [-0.15, -0.1) is 0 Å². The monoisotopic (exact) mass is 177 g/mol. The van der Waals surface area contributed by atoms with Crippen molar-refractivity contribution in [2.24, 2.45) is 5.92 Å². The van der Waals surface area contributed by atoms with Crippen LogP contribution < -0.4 is 0 Å². The molecule has 0 spiro atoms. The zero-order chi connectivity index (χ0) is 9.68. The van der Waals surface area contributed by atoms with E-state index in [0.29, 0.717) is 18.1 Å². The number of rotatable bonds is 3. The summed E-state index contributed by atoms with van der Waals surface area (Å²) >= 11 is 0. The van der Waals surface area contributed by atoms with Gasteiger partial charge in [0, 0.05) is 0 Å². The minimum atomic E-state index is -0.297. The number of benzene rings is 1. The van der Waals surface area contributed by atoms with Crippen LogP contribution in [0.5, 0.6) is 0 Å². The van der Waals surface area contributed by atoms with E-state index in [1.54, 1.807) is 18.2 Å². The van der Waals surface area contributed by atoms with Crippen LogP contribution in [0.1, 0.15) is 24.2 Å². The van der Waals surface area contributed by atoms with Crippen molar-refractivity contribution in [1.29, 1.82) is 0 Å². The van der Waals surface area contributed by atoms with Gasteiger partial charge in [0.2, 0.25) is 0 Å². The lowest BCUT2D eigenvalue weighted by Crippen LogP contribution is -2.09. The van der Waals surface area contributed by atoms with Crippen molar-refractivity contribution in [2.75, 3.05) is 6.61 Å². The van der Waals surface area contributed by atoms with Crippen LogP contribution in [-0.2, 0) is 4.74 Å². The van der Waals surface area contributed by atoms with Crippen LogP contribution in [0.15, 0.2) is 24.3 Å². The summed E-state index contributed by atoms with van der Waals surface area (Å²) < 4.78 is 5.02. The highest BCUT2D eigenvalue weighted by molar-refractivity contribution is 5.88. The summed E-state index contributed by atoms with van der Waals surface area (Å²) in [5.41, 5.74) is 0.489. The van der Waals surface area contributed by atoms with E-state index in [0.717, 1.165) is 0 Å². The van der Waals surface area contributed by atoms with E-state index in [2.05, 4.69) is 6.07 Å². The van der Waals surface area contributed by atoms with Crippen molar-refractivity contribution < 1.29 is 9.53 Å². The Morgan fingerprint density at radius 1 is 1.54 bits per heavy atom. The van der Waals surface area contributed by atoms with Gasteiger partial charge in [-0.25, -0.2) is 4.79 Å². The van der Waals surface area contributed by atoms with Crippen LogP contribution in [0.4, 0.5) is 0 Å². The topological polar surface area (TPSA) is 26.3 Å². The first-order chi connectivity index (χ1) is 6.20. The predicted molar refractivity (Wildman–Crippen MR) is 50.4 cm³/mol. The second kappa shape index (κ2) is 4.65. The summed E-state index contributed by atoms with van der Waals surface area (Å²) in [6, 6.07) is 9.83. The summed E-state index contributed by atoms with van der Waals surface area (Å²) in [5.74, 6) is 0.0713. The molecule has 0 saturated carbocycles. The molecule has 0 N–H and O–H groups in total. The van der Waals surface area contributed by atoms with Crippen molar-refractivity contribution in [1.82, 2.24) is 0 Å². The largest absolute Gasteiger partial charge is 0.462 e. The predicted octanol–water partition coefficient (Wildman–Crippen LogP) is 2.30. The van der Waals surface area contributed by atoms with Gasteiger partial charge in [0.25, 0.3) is 0 Å². The Morgan fingerprint density at radius 2 is 2.31 bits per heavy atom. The molecule has 0 amide bonds. The number of carbonyl (C=O) groups excluding carboxylic acids is 1. The maximum atomic E-state index is 11.3. The molecular weight excluding hydrogens is 164 g/mol. The first-order valence-corrected chi connectivity index (χ1v) is 4.34. The quantitative estimate of drug-likeness (QED) is 0.662. The average Bonchev–Trinajstić information content (AvgIpc) is 2.15. The number of esters is 1. The molecule has 0 fully saturated rings. The lowest BCUT2D eigenvalue weighted by molar-refractivity contribution is 0.0458. The van der Waals surface area contributed by atoms with E-state index >= 15 is 0 Å². The summed E-state index contributed by atoms with van der Waals surface area (Å²) in [5, 5.41) is 0. The van der Waals surface area contributed by atoms with Gasteiger partial charge >= 0.3 is 5.97 Å².